The van der Waals surface area contributed by atoms with Crippen molar-refractivity contribution in [2.45, 2.75) is 6.42 Å². The van der Waals surface area contributed by atoms with Crippen molar-refractivity contribution in [2.75, 3.05) is 23.4 Å². The number of carbonyl (C=O) groups is 1. The number of rotatable bonds is 1. The van der Waals surface area contributed by atoms with Crippen LogP contribution in [0, 0.1) is 0 Å². The van der Waals surface area contributed by atoms with Gasteiger partial charge in [-0.15, -0.1) is 0 Å². The molecule has 1 aliphatic rings. The molecule has 2 heterocycles. The minimum atomic E-state index is 0.0776. The molecule has 1 aromatic heterocycles. The molecule has 0 atom stereocenters. The van der Waals surface area contributed by atoms with Crippen molar-refractivity contribution in [1.29, 1.82) is 0 Å². The zero-order valence-corrected chi connectivity index (χ0v) is 11.8. The number of anilines is 3. The van der Waals surface area contributed by atoms with E-state index in [1.54, 1.807) is 18.0 Å². The van der Waals surface area contributed by atoms with Gasteiger partial charge in [0, 0.05) is 25.7 Å². The molecule has 3 rings (SSSR count). The number of fused-ring (bicyclic) bond motifs is 1. The van der Waals surface area contributed by atoms with Crippen LogP contribution in [-0.4, -0.2) is 24.5 Å². The molecule has 0 aliphatic carbocycles. The van der Waals surface area contributed by atoms with Gasteiger partial charge >= 0.3 is 0 Å². The van der Waals surface area contributed by atoms with Crippen molar-refractivity contribution in [3.05, 3.63) is 47.6 Å². The lowest BCUT2D eigenvalue weighted by atomic mass is 10.2. The van der Waals surface area contributed by atoms with Crippen LogP contribution in [0.1, 0.15) is 6.42 Å². The molecular formula is C15H14ClN3O. The number of halogens is 1. The Labute approximate surface area is 122 Å². The van der Waals surface area contributed by atoms with Crippen LogP contribution in [0.5, 0.6) is 0 Å². The lowest BCUT2D eigenvalue weighted by molar-refractivity contribution is -0.118. The van der Waals surface area contributed by atoms with Gasteiger partial charge in [0.25, 0.3) is 0 Å². The molecule has 5 heteroatoms. The summed E-state index contributed by atoms with van der Waals surface area (Å²) in [7, 11) is 1.77. The number of pyridine rings is 1. The Balaban J connectivity index is 2.15. The van der Waals surface area contributed by atoms with E-state index in [9.17, 15) is 4.79 Å². The van der Waals surface area contributed by atoms with Crippen LogP contribution in [0.2, 0.25) is 5.15 Å². The summed E-state index contributed by atoms with van der Waals surface area (Å²) in [6.07, 6.45) is 0.444. The predicted molar refractivity (Wildman–Crippen MR) is 80.7 cm³/mol. The fourth-order valence-electron chi connectivity index (χ4n) is 2.35. The molecule has 0 bridgehead atoms. The Bertz CT molecular complexity index is 645. The number of amides is 1. The van der Waals surface area contributed by atoms with Gasteiger partial charge in [0.05, 0.1) is 5.69 Å². The lowest BCUT2D eigenvalue weighted by Crippen LogP contribution is -2.25. The maximum absolute atomic E-state index is 12.1. The number of aromatic nitrogens is 1. The summed E-state index contributed by atoms with van der Waals surface area (Å²) in [5.41, 5.74) is 1.78. The third-order valence-corrected chi connectivity index (χ3v) is 3.64. The number of nitrogens with zero attached hydrogens (tertiary/aromatic N) is 3. The van der Waals surface area contributed by atoms with E-state index >= 15 is 0 Å². The highest BCUT2D eigenvalue weighted by Crippen LogP contribution is 2.35. The first-order chi connectivity index (χ1) is 9.66. The number of hydrogen-bond acceptors (Lipinski definition) is 3. The molecule has 1 aliphatic heterocycles. The normalized spacial score (nSPS) is 15.0. The Kier molecular flexibility index (Phi) is 3.32. The van der Waals surface area contributed by atoms with Gasteiger partial charge in [-0.1, -0.05) is 29.8 Å². The van der Waals surface area contributed by atoms with E-state index in [-0.39, 0.29) is 5.91 Å². The van der Waals surface area contributed by atoms with E-state index in [4.69, 9.17) is 11.6 Å². The second-order valence-corrected chi connectivity index (χ2v) is 5.05. The highest BCUT2D eigenvalue weighted by molar-refractivity contribution is 6.29. The fraction of sp³-hybridized carbons (Fsp3) is 0.200. The summed E-state index contributed by atoms with van der Waals surface area (Å²) < 4.78 is 0. The molecule has 0 radical (unpaired) electrons. The second kappa shape index (κ2) is 5.13. The largest absolute Gasteiger partial charge is 0.324 e. The molecule has 0 unspecified atom stereocenters. The number of carbonyl (C=O) groups excluding carboxylic acids is 1. The monoisotopic (exact) mass is 287 g/mol. The van der Waals surface area contributed by atoms with Crippen molar-refractivity contribution in [1.82, 2.24) is 4.98 Å². The molecule has 1 amide bonds. The molecule has 0 fully saturated rings. The van der Waals surface area contributed by atoms with Gasteiger partial charge in [-0.05, 0) is 24.3 Å². The topological polar surface area (TPSA) is 36.4 Å². The van der Waals surface area contributed by atoms with Crippen LogP contribution in [0.4, 0.5) is 17.2 Å². The highest BCUT2D eigenvalue weighted by Gasteiger charge is 2.25. The molecular weight excluding hydrogens is 274 g/mol. The van der Waals surface area contributed by atoms with Gasteiger partial charge in [0.1, 0.15) is 5.15 Å². The number of para-hydroxylation sites is 1. The first-order valence-electron chi connectivity index (χ1n) is 6.42. The standard InChI is InChI=1S/C15H14ClN3O/c1-18-12-7-8-13(16)17-15(12)19(10-9-14(18)20)11-5-3-2-4-6-11/h2-8H,9-10H2,1H3. The molecule has 0 saturated heterocycles. The van der Waals surface area contributed by atoms with Crippen LogP contribution in [-0.2, 0) is 4.79 Å². The molecule has 20 heavy (non-hydrogen) atoms. The van der Waals surface area contributed by atoms with Crippen LogP contribution in [0.3, 0.4) is 0 Å². The third-order valence-electron chi connectivity index (χ3n) is 3.43. The first-order valence-corrected chi connectivity index (χ1v) is 6.80. The van der Waals surface area contributed by atoms with Gasteiger partial charge in [0.2, 0.25) is 5.91 Å². The SMILES string of the molecule is CN1C(=O)CCN(c2ccccc2)c2nc(Cl)ccc21. The van der Waals surface area contributed by atoms with E-state index in [1.165, 1.54) is 0 Å². The van der Waals surface area contributed by atoms with E-state index in [0.29, 0.717) is 18.1 Å². The van der Waals surface area contributed by atoms with Gasteiger partial charge in [0.15, 0.2) is 5.82 Å². The summed E-state index contributed by atoms with van der Waals surface area (Å²) in [6.45, 7) is 0.591. The van der Waals surface area contributed by atoms with Crippen LogP contribution in [0.15, 0.2) is 42.5 Å². The second-order valence-electron chi connectivity index (χ2n) is 4.67. The van der Waals surface area contributed by atoms with Gasteiger partial charge in [-0.3, -0.25) is 4.79 Å². The Morgan fingerprint density at radius 1 is 1.15 bits per heavy atom. The van der Waals surface area contributed by atoms with Gasteiger partial charge in [-0.2, -0.15) is 0 Å². The number of hydrogen-bond donors (Lipinski definition) is 0. The number of benzene rings is 1. The molecule has 0 saturated carbocycles. The summed E-state index contributed by atoms with van der Waals surface area (Å²) >= 11 is 6.03. The highest BCUT2D eigenvalue weighted by atomic mass is 35.5. The van der Waals surface area contributed by atoms with Crippen molar-refractivity contribution in [2.24, 2.45) is 0 Å². The smallest absolute Gasteiger partial charge is 0.228 e. The van der Waals surface area contributed by atoms with Gasteiger partial charge in [-0.25, -0.2) is 4.98 Å². The van der Waals surface area contributed by atoms with E-state index < -0.39 is 0 Å². The minimum absolute atomic E-state index is 0.0776. The summed E-state index contributed by atoms with van der Waals surface area (Å²) in [6, 6.07) is 13.4. The minimum Gasteiger partial charge on any atom is -0.324 e. The van der Waals surface area contributed by atoms with Crippen LogP contribution < -0.4 is 9.80 Å². The fourth-order valence-corrected chi connectivity index (χ4v) is 2.50. The van der Waals surface area contributed by atoms with Crippen molar-refractivity contribution in [3.63, 3.8) is 0 Å². The third kappa shape index (κ3) is 2.23. The maximum atomic E-state index is 12.1. The maximum Gasteiger partial charge on any atom is 0.228 e. The average Bonchev–Trinajstić information content (AvgIpc) is 2.58. The van der Waals surface area contributed by atoms with E-state index in [2.05, 4.69) is 4.98 Å². The Hall–Kier alpha value is -2.07. The summed E-state index contributed by atoms with van der Waals surface area (Å²) in [4.78, 5) is 20.2. The molecule has 1 aromatic carbocycles. The molecule has 102 valence electrons. The molecule has 0 spiro atoms. The molecule has 0 N–H and O–H groups in total. The van der Waals surface area contributed by atoms with Crippen molar-refractivity contribution in [3.8, 4) is 0 Å². The van der Waals surface area contributed by atoms with Crippen LogP contribution in [0.25, 0.3) is 0 Å². The van der Waals surface area contributed by atoms with Crippen molar-refractivity contribution >= 4 is 34.7 Å². The summed E-state index contributed by atoms with van der Waals surface area (Å²) in [5.74, 6) is 0.797. The quantitative estimate of drug-likeness (QED) is 0.756. The Morgan fingerprint density at radius 2 is 1.90 bits per heavy atom. The summed E-state index contributed by atoms with van der Waals surface area (Å²) in [5, 5.41) is 0.424. The van der Waals surface area contributed by atoms with Crippen molar-refractivity contribution < 1.29 is 4.79 Å². The van der Waals surface area contributed by atoms with E-state index in [1.807, 2.05) is 41.3 Å². The average molecular weight is 288 g/mol. The zero-order chi connectivity index (χ0) is 14.1. The lowest BCUT2D eigenvalue weighted by Gasteiger charge is -2.24. The predicted octanol–water partition coefficient (Wildman–Crippen LogP) is 3.24. The van der Waals surface area contributed by atoms with Gasteiger partial charge < -0.3 is 9.80 Å². The van der Waals surface area contributed by atoms with E-state index in [0.717, 1.165) is 17.2 Å². The molecule has 2 aromatic rings. The Morgan fingerprint density at radius 3 is 2.65 bits per heavy atom. The van der Waals surface area contributed by atoms with Crippen LogP contribution >= 0.6 is 11.6 Å². The zero-order valence-electron chi connectivity index (χ0n) is 11.1. The molecule has 4 nitrogen and oxygen atoms in total. The first kappa shape index (κ1) is 12.9.